The number of benzene rings is 1. The van der Waals surface area contributed by atoms with Crippen LogP contribution in [0.2, 0.25) is 0 Å². The molecule has 1 aromatic rings. The molecular weight excluding hydrogens is 270 g/mol. The Labute approximate surface area is 124 Å². The van der Waals surface area contributed by atoms with Gasteiger partial charge in [0, 0.05) is 12.6 Å². The van der Waals surface area contributed by atoms with Crippen LogP contribution in [0.5, 0.6) is 0 Å². The van der Waals surface area contributed by atoms with Crippen LogP contribution in [-0.2, 0) is 25.4 Å². The van der Waals surface area contributed by atoms with Gasteiger partial charge in [-0.1, -0.05) is 30.3 Å². The van der Waals surface area contributed by atoms with E-state index in [9.17, 15) is 4.79 Å². The first-order valence-electron chi connectivity index (χ1n) is 6.97. The second-order valence-corrected chi connectivity index (χ2v) is 5.39. The van der Waals surface area contributed by atoms with Gasteiger partial charge in [0.1, 0.15) is 6.10 Å². The Hall–Kier alpha value is -1.72. The van der Waals surface area contributed by atoms with Gasteiger partial charge in [-0.2, -0.15) is 0 Å². The molecule has 5 nitrogen and oxygen atoms in total. The number of nitrogens with zero attached hydrogens (tertiary/aromatic N) is 1. The summed E-state index contributed by atoms with van der Waals surface area (Å²) in [6.07, 6.45) is 1.91. The van der Waals surface area contributed by atoms with Gasteiger partial charge in [0.15, 0.2) is 11.8 Å². The molecule has 0 amide bonds. The Balaban J connectivity index is 2.02. The van der Waals surface area contributed by atoms with Crippen LogP contribution in [0.1, 0.15) is 19.4 Å². The number of esters is 1. The van der Waals surface area contributed by atoms with Gasteiger partial charge in [0.05, 0.1) is 13.7 Å². The maximum Gasteiger partial charge on any atom is 0.330 e. The van der Waals surface area contributed by atoms with Gasteiger partial charge in [-0.05, 0) is 19.4 Å². The van der Waals surface area contributed by atoms with Crippen LogP contribution in [0, 0.1) is 0 Å². The second kappa shape index (κ2) is 6.83. The molecule has 2 atom stereocenters. The average molecular weight is 291 g/mol. The summed E-state index contributed by atoms with van der Waals surface area (Å²) >= 11 is 0. The smallest absolute Gasteiger partial charge is 0.330 e. The van der Waals surface area contributed by atoms with Crippen LogP contribution in [0.25, 0.3) is 0 Å². The van der Waals surface area contributed by atoms with Gasteiger partial charge in [-0.25, -0.2) is 4.79 Å². The average Bonchev–Trinajstić information content (AvgIpc) is 2.83. The van der Waals surface area contributed by atoms with E-state index < -0.39 is 11.8 Å². The molecule has 5 heteroatoms. The quantitative estimate of drug-likeness (QED) is 0.615. The SMILES string of the molecule is COC(=O)[C@@H](Cc1ccccc1)N=C[C@H]1COC(C)(C)O1. The lowest BCUT2D eigenvalue weighted by atomic mass is 10.1. The Kier molecular flexibility index (Phi) is 5.09. The van der Waals surface area contributed by atoms with Crippen molar-refractivity contribution in [2.45, 2.75) is 38.2 Å². The summed E-state index contributed by atoms with van der Waals surface area (Å²) in [4.78, 5) is 16.2. The summed E-state index contributed by atoms with van der Waals surface area (Å²) in [7, 11) is 1.37. The van der Waals surface area contributed by atoms with E-state index in [0.717, 1.165) is 5.56 Å². The van der Waals surface area contributed by atoms with Crippen molar-refractivity contribution in [2.75, 3.05) is 13.7 Å². The molecule has 1 fully saturated rings. The fraction of sp³-hybridized carbons (Fsp3) is 0.500. The van der Waals surface area contributed by atoms with Crippen molar-refractivity contribution in [1.29, 1.82) is 0 Å². The van der Waals surface area contributed by atoms with Crippen molar-refractivity contribution in [2.24, 2.45) is 4.99 Å². The van der Waals surface area contributed by atoms with Crippen molar-refractivity contribution in [1.82, 2.24) is 0 Å². The molecule has 21 heavy (non-hydrogen) atoms. The standard InChI is InChI=1S/C16H21NO4/c1-16(2)20-11-13(21-16)10-17-14(15(18)19-3)9-12-7-5-4-6-8-12/h4-8,10,13-14H,9,11H2,1-3H3/t13-,14+/m0/s1. The highest BCUT2D eigenvalue weighted by molar-refractivity contribution is 5.79. The minimum atomic E-state index is -0.600. The molecule has 0 N–H and O–H groups in total. The lowest BCUT2D eigenvalue weighted by Gasteiger charge is -2.16. The molecule has 1 saturated heterocycles. The Morgan fingerprint density at radius 2 is 2.19 bits per heavy atom. The molecule has 0 unspecified atom stereocenters. The van der Waals surface area contributed by atoms with E-state index in [2.05, 4.69) is 4.99 Å². The summed E-state index contributed by atoms with van der Waals surface area (Å²) in [5.74, 6) is -0.954. The van der Waals surface area contributed by atoms with Crippen molar-refractivity contribution in [3.8, 4) is 0 Å². The van der Waals surface area contributed by atoms with E-state index in [1.165, 1.54) is 7.11 Å². The summed E-state index contributed by atoms with van der Waals surface area (Å²) in [5.41, 5.74) is 1.04. The van der Waals surface area contributed by atoms with E-state index in [4.69, 9.17) is 14.2 Å². The first-order valence-corrected chi connectivity index (χ1v) is 6.97. The zero-order valence-corrected chi connectivity index (χ0v) is 12.6. The number of carbonyl (C=O) groups is 1. The molecule has 1 aliphatic rings. The zero-order chi connectivity index (χ0) is 15.3. The second-order valence-electron chi connectivity index (χ2n) is 5.39. The Bertz CT molecular complexity index is 498. The minimum absolute atomic E-state index is 0.233. The molecule has 0 saturated carbocycles. The number of hydrogen-bond acceptors (Lipinski definition) is 5. The van der Waals surface area contributed by atoms with Crippen LogP contribution >= 0.6 is 0 Å². The third kappa shape index (κ3) is 4.65. The molecule has 0 spiro atoms. The maximum atomic E-state index is 11.8. The molecular formula is C16H21NO4. The topological polar surface area (TPSA) is 57.1 Å². The van der Waals surface area contributed by atoms with Crippen LogP contribution in [-0.4, -0.2) is 43.8 Å². The third-order valence-corrected chi connectivity index (χ3v) is 3.21. The van der Waals surface area contributed by atoms with E-state index in [0.29, 0.717) is 13.0 Å². The fourth-order valence-electron chi connectivity index (χ4n) is 2.16. The summed E-state index contributed by atoms with van der Waals surface area (Å²) in [6.45, 7) is 4.14. The number of hydrogen-bond donors (Lipinski definition) is 0. The molecule has 1 aromatic carbocycles. The Morgan fingerprint density at radius 3 is 2.76 bits per heavy atom. The number of carbonyl (C=O) groups excluding carboxylic acids is 1. The normalized spacial score (nSPS) is 22.3. The zero-order valence-electron chi connectivity index (χ0n) is 12.6. The van der Waals surface area contributed by atoms with E-state index in [-0.39, 0.29) is 12.1 Å². The molecule has 1 aliphatic heterocycles. The largest absolute Gasteiger partial charge is 0.467 e. The van der Waals surface area contributed by atoms with Gasteiger partial charge in [0.2, 0.25) is 0 Å². The fourth-order valence-corrected chi connectivity index (χ4v) is 2.16. The molecule has 114 valence electrons. The van der Waals surface area contributed by atoms with E-state index in [1.807, 2.05) is 44.2 Å². The minimum Gasteiger partial charge on any atom is -0.467 e. The first kappa shape index (κ1) is 15.7. The number of aliphatic imine (C=N–C) groups is 1. The van der Waals surface area contributed by atoms with Crippen LogP contribution in [0.3, 0.4) is 0 Å². The molecule has 0 bridgehead atoms. The van der Waals surface area contributed by atoms with E-state index in [1.54, 1.807) is 6.21 Å². The molecule has 0 aliphatic carbocycles. The lowest BCUT2D eigenvalue weighted by Crippen LogP contribution is -2.26. The van der Waals surface area contributed by atoms with Crippen LogP contribution in [0.15, 0.2) is 35.3 Å². The van der Waals surface area contributed by atoms with E-state index >= 15 is 0 Å². The number of ether oxygens (including phenoxy) is 3. The number of methoxy groups -OCH3 is 1. The molecule has 1 heterocycles. The van der Waals surface area contributed by atoms with Gasteiger partial charge in [-0.15, -0.1) is 0 Å². The highest BCUT2D eigenvalue weighted by atomic mass is 16.7. The number of rotatable bonds is 5. The van der Waals surface area contributed by atoms with Crippen LogP contribution in [0.4, 0.5) is 0 Å². The molecule has 2 rings (SSSR count). The predicted octanol–water partition coefficient (Wildman–Crippen LogP) is 1.99. The van der Waals surface area contributed by atoms with Gasteiger partial charge in [-0.3, -0.25) is 4.99 Å². The summed E-state index contributed by atoms with van der Waals surface area (Å²) in [5, 5.41) is 0. The highest BCUT2D eigenvalue weighted by Gasteiger charge is 2.32. The van der Waals surface area contributed by atoms with Crippen molar-refractivity contribution >= 4 is 12.2 Å². The van der Waals surface area contributed by atoms with Gasteiger partial charge < -0.3 is 14.2 Å². The van der Waals surface area contributed by atoms with Crippen molar-refractivity contribution in [3.05, 3.63) is 35.9 Å². The first-order chi connectivity index (χ1) is 10.00. The predicted molar refractivity (Wildman–Crippen MR) is 79.3 cm³/mol. The van der Waals surface area contributed by atoms with Crippen molar-refractivity contribution < 1.29 is 19.0 Å². The summed E-state index contributed by atoms with van der Waals surface area (Å²) < 4.78 is 15.9. The monoisotopic (exact) mass is 291 g/mol. The molecule has 0 aromatic heterocycles. The van der Waals surface area contributed by atoms with Crippen molar-refractivity contribution in [3.63, 3.8) is 0 Å². The Morgan fingerprint density at radius 1 is 1.48 bits per heavy atom. The molecule has 0 radical (unpaired) electrons. The third-order valence-electron chi connectivity index (χ3n) is 3.21. The maximum absolute atomic E-state index is 11.8. The van der Waals surface area contributed by atoms with Crippen LogP contribution < -0.4 is 0 Å². The lowest BCUT2D eigenvalue weighted by molar-refractivity contribution is -0.142. The summed E-state index contributed by atoms with van der Waals surface area (Å²) in [6, 6.07) is 9.16. The van der Waals surface area contributed by atoms with Gasteiger partial charge in [0.25, 0.3) is 0 Å². The highest BCUT2D eigenvalue weighted by Crippen LogP contribution is 2.21. The van der Waals surface area contributed by atoms with Gasteiger partial charge >= 0.3 is 5.97 Å².